The maximum absolute atomic E-state index is 11.2. The Morgan fingerprint density at radius 1 is 1.43 bits per heavy atom. The van der Waals surface area contributed by atoms with Crippen LogP contribution in [-0.4, -0.2) is 30.5 Å². The Labute approximate surface area is 147 Å². The molecular weight excluding hydrogens is 388 g/mol. The summed E-state index contributed by atoms with van der Waals surface area (Å²) in [6.45, 7) is 1.92. The van der Waals surface area contributed by atoms with Crippen LogP contribution < -0.4 is 5.32 Å². The lowest BCUT2D eigenvalue weighted by atomic mass is 9.84. The standard InChI is InChI=1S/C15H18BrClN2O4/c16-11-6-12(17)14(19(20)21)13(7-11)18-9-10-2-1-3-15(8-10)22-4-5-23-15/h6-7,10,18H,1-5,8-9H2/t10-/m0/s1. The minimum atomic E-state index is -0.456. The highest BCUT2D eigenvalue weighted by atomic mass is 79.9. The van der Waals surface area contributed by atoms with Crippen LogP contribution in [0.5, 0.6) is 0 Å². The number of halogens is 2. The van der Waals surface area contributed by atoms with Crippen molar-refractivity contribution >= 4 is 38.9 Å². The normalized spacial score (nSPS) is 23.1. The lowest BCUT2D eigenvalue weighted by Gasteiger charge is -2.36. The molecule has 0 bridgehead atoms. The lowest BCUT2D eigenvalue weighted by Crippen LogP contribution is -2.38. The number of nitro groups is 1. The number of ether oxygens (including phenoxy) is 2. The summed E-state index contributed by atoms with van der Waals surface area (Å²) in [7, 11) is 0. The number of anilines is 1. The number of hydrogen-bond donors (Lipinski definition) is 1. The van der Waals surface area contributed by atoms with E-state index in [9.17, 15) is 10.1 Å². The highest BCUT2D eigenvalue weighted by Crippen LogP contribution is 2.40. The van der Waals surface area contributed by atoms with Crippen molar-refractivity contribution in [3.63, 3.8) is 0 Å². The summed E-state index contributed by atoms with van der Waals surface area (Å²) in [5.74, 6) is -0.0925. The molecule has 0 radical (unpaired) electrons. The maximum atomic E-state index is 11.2. The Bertz CT molecular complexity index is 607. The van der Waals surface area contributed by atoms with Crippen molar-refractivity contribution in [1.29, 1.82) is 0 Å². The van der Waals surface area contributed by atoms with Gasteiger partial charge in [0.25, 0.3) is 0 Å². The number of benzene rings is 1. The molecule has 1 aliphatic heterocycles. The quantitative estimate of drug-likeness (QED) is 0.595. The van der Waals surface area contributed by atoms with Crippen LogP contribution in [0, 0.1) is 16.0 Å². The summed E-state index contributed by atoms with van der Waals surface area (Å²) in [6, 6.07) is 3.21. The third-order valence-corrected chi connectivity index (χ3v) is 5.12. The zero-order valence-corrected chi connectivity index (χ0v) is 14.9. The first-order valence-electron chi connectivity index (χ1n) is 7.64. The van der Waals surface area contributed by atoms with Crippen molar-refractivity contribution in [2.24, 2.45) is 5.92 Å². The van der Waals surface area contributed by atoms with Gasteiger partial charge in [-0.15, -0.1) is 0 Å². The fourth-order valence-electron chi connectivity index (χ4n) is 3.38. The van der Waals surface area contributed by atoms with Gasteiger partial charge in [-0.2, -0.15) is 0 Å². The van der Waals surface area contributed by atoms with Gasteiger partial charge in [0.05, 0.1) is 18.1 Å². The van der Waals surface area contributed by atoms with Gasteiger partial charge in [0, 0.05) is 23.9 Å². The van der Waals surface area contributed by atoms with E-state index in [1.807, 2.05) is 0 Å². The summed E-state index contributed by atoms with van der Waals surface area (Å²) in [6.07, 6.45) is 3.83. The van der Waals surface area contributed by atoms with Gasteiger partial charge in [0.15, 0.2) is 5.79 Å². The fourth-order valence-corrected chi connectivity index (χ4v) is 4.26. The molecule has 0 aromatic heterocycles. The predicted molar refractivity (Wildman–Crippen MR) is 90.9 cm³/mol. The van der Waals surface area contributed by atoms with E-state index in [4.69, 9.17) is 21.1 Å². The zero-order valence-electron chi connectivity index (χ0n) is 12.5. The molecule has 0 amide bonds. The van der Waals surface area contributed by atoms with Crippen LogP contribution >= 0.6 is 27.5 Å². The van der Waals surface area contributed by atoms with Crippen molar-refractivity contribution < 1.29 is 14.4 Å². The molecule has 1 aromatic carbocycles. The van der Waals surface area contributed by atoms with E-state index < -0.39 is 10.7 Å². The minimum Gasteiger partial charge on any atom is -0.379 e. The van der Waals surface area contributed by atoms with Crippen molar-refractivity contribution in [3.8, 4) is 0 Å². The van der Waals surface area contributed by atoms with Gasteiger partial charge in [-0.1, -0.05) is 27.5 Å². The van der Waals surface area contributed by atoms with Crippen LogP contribution in [0.1, 0.15) is 25.7 Å². The van der Waals surface area contributed by atoms with Gasteiger partial charge in [-0.05, 0) is 30.9 Å². The van der Waals surface area contributed by atoms with Crippen molar-refractivity contribution in [2.75, 3.05) is 25.1 Å². The average Bonchev–Trinajstić information content (AvgIpc) is 2.92. The van der Waals surface area contributed by atoms with Gasteiger partial charge in [-0.3, -0.25) is 10.1 Å². The summed E-state index contributed by atoms with van der Waals surface area (Å²) in [5.41, 5.74) is 0.344. The minimum absolute atomic E-state index is 0.0891. The second-order valence-electron chi connectivity index (χ2n) is 5.99. The van der Waals surface area contributed by atoms with E-state index in [0.717, 1.165) is 25.7 Å². The fraction of sp³-hybridized carbons (Fsp3) is 0.600. The van der Waals surface area contributed by atoms with Gasteiger partial charge in [0.2, 0.25) is 0 Å². The number of nitro benzene ring substituents is 1. The molecule has 23 heavy (non-hydrogen) atoms. The lowest BCUT2D eigenvalue weighted by molar-refractivity contribution is -0.383. The molecule has 2 fully saturated rings. The number of nitrogens with one attached hydrogen (secondary N) is 1. The van der Waals surface area contributed by atoms with Crippen LogP contribution in [0.4, 0.5) is 11.4 Å². The summed E-state index contributed by atoms with van der Waals surface area (Å²) < 4.78 is 12.3. The Morgan fingerprint density at radius 3 is 2.87 bits per heavy atom. The Morgan fingerprint density at radius 2 is 2.17 bits per heavy atom. The van der Waals surface area contributed by atoms with Crippen LogP contribution in [0.25, 0.3) is 0 Å². The van der Waals surface area contributed by atoms with Gasteiger partial charge in [0.1, 0.15) is 10.7 Å². The van der Waals surface area contributed by atoms with Gasteiger partial charge >= 0.3 is 5.69 Å². The van der Waals surface area contributed by atoms with Crippen molar-refractivity contribution in [2.45, 2.75) is 31.5 Å². The van der Waals surface area contributed by atoms with Crippen molar-refractivity contribution in [1.82, 2.24) is 0 Å². The first-order valence-corrected chi connectivity index (χ1v) is 8.81. The molecule has 2 aliphatic rings. The summed E-state index contributed by atoms with van der Waals surface area (Å²) in [4.78, 5) is 10.8. The molecule has 1 spiro atoms. The summed E-state index contributed by atoms with van der Waals surface area (Å²) in [5, 5.41) is 14.5. The van der Waals surface area contributed by atoms with Gasteiger partial charge < -0.3 is 14.8 Å². The average molecular weight is 406 g/mol. The largest absolute Gasteiger partial charge is 0.379 e. The Balaban J connectivity index is 1.69. The third kappa shape index (κ3) is 3.79. The number of nitrogens with zero attached hydrogens (tertiary/aromatic N) is 1. The van der Waals surface area contributed by atoms with E-state index in [1.54, 1.807) is 6.07 Å². The van der Waals surface area contributed by atoms with E-state index in [2.05, 4.69) is 21.2 Å². The summed E-state index contributed by atoms with van der Waals surface area (Å²) >= 11 is 9.32. The number of hydrogen-bond acceptors (Lipinski definition) is 5. The molecule has 1 heterocycles. The van der Waals surface area contributed by atoms with Gasteiger partial charge in [-0.25, -0.2) is 0 Å². The maximum Gasteiger partial charge on any atom is 0.310 e. The zero-order chi connectivity index (χ0) is 16.4. The molecule has 1 aliphatic carbocycles. The van der Waals surface area contributed by atoms with Crippen LogP contribution in [0.15, 0.2) is 16.6 Å². The van der Waals surface area contributed by atoms with Crippen molar-refractivity contribution in [3.05, 3.63) is 31.7 Å². The SMILES string of the molecule is O=[N+]([O-])c1c(Cl)cc(Br)cc1NC[C@H]1CCCC2(C1)OCCO2. The second kappa shape index (κ2) is 6.93. The molecule has 0 unspecified atom stereocenters. The van der Waals surface area contributed by atoms with Crippen LogP contribution in [-0.2, 0) is 9.47 Å². The highest BCUT2D eigenvalue weighted by Gasteiger charge is 2.41. The third-order valence-electron chi connectivity index (χ3n) is 4.38. The monoisotopic (exact) mass is 404 g/mol. The van der Waals surface area contributed by atoms with E-state index in [1.165, 1.54) is 6.07 Å². The topological polar surface area (TPSA) is 73.6 Å². The molecule has 1 aromatic rings. The molecular formula is C15H18BrClN2O4. The molecule has 8 heteroatoms. The Hall–Kier alpha value is -0.890. The van der Waals surface area contributed by atoms with E-state index in [0.29, 0.717) is 35.8 Å². The smallest absolute Gasteiger partial charge is 0.310 e. The Kier molecular flexibility index (Phi) is 5.10. The van der Waals surface area contributed by atoms with Crippen LogP contribution in [0.2, 0.25) is 5.02 Å². The first-order chi connectivity index (χ1) is 11.0. The molecule has 1 saturated carbocycles. The molecule has 3 rings (SSSR count). The van der Waals surface area contributed by atoms with Crippen LogP contribution in [0.3, 0.4) is 0 Å². The van der Waals surface area contributed by atoms with E-state index in [-0.39, 0.29) is 10.7 Å². The molecule has 1 N–H and O–H groups in total. The first kappa shape index (κ1) is 17.0. The predicted octanol–water partition coefficient (Wildman–Crippen LogP) is 4.36. The van der Waals surface area contributed by atoms with E-state index >= 15 is 0 Å². The molecule has 1 saturated heterocycles. The number of rotatable bonds is 4. The molecule has 1 atom stereocenters. The highest BCUT2D eigenvalue weighted by molar-refractivity contribution is 9.10. The second-order valence-corrected chi connectivity index (χ2v) is 7.31. The molecule has 126 valence electrons. The molecule has 6 nitrogen and oxygen atoms in total.